The number of hydrogen-bond donors (Lipinski definition) is 2. The van der Waals surface area contributed by atoms with E-state index in [1.54, 1.807) is 0 Å². The van der Waals surface area contributed by atoms with Crippen molar-refractivity contribution >= 4 is 16.0 Å². The van der Waals surface area contributed by atoms with E-state index in [0.29, 0.717) is 6.07 Å². The molecule has 0 amide bonds. The lowest BCUT2D eigenvalue weighted by molar-refractivity contribution is -0.140. The van der Waals surface area contributed by atoms with E-state index in [0.717, 1.165) is 12.1 Å². The van der Waals surface area contributed by atoms with Gasteiger partial charge in [0.2, 0.25) is 10.0 Å². The first-order valence-corrected chi connectivity index (χ1v) is 7.75. The van der Waals surface area contributed by atoms with Crippen LogP contribution in [0.3, 0.4) is 0 Å². The van der Waals surface area contributed by atoms with Crippen LogP contribution in [-0.2, 0) is 21.0 Å². The van der Waals surface area contributed by atoms with E-state index < -0.39 is 38.2 Å². The fraction of sp³-hybridized carbons (Fsp3) is 0.462. The van der Waals surface area contributed by atoms with Crippen molar-refractivity contribution in [3.63, 3.8) is 0 Å². The van der Waals surface area contributed by atoms with Crippen LogP contribution in [0.1, 0.15) is 32.3 Å². The smallest absolute Gasteiger partial charge is 0.417 e. The molecular weight excluding hydrogens is 323 g/mol. The maximum atomic E-state index is 12.9. The van der Waals surface area contributed by atoms with Gasteiger partial charge in [-0.25, -0.2) is 13.1 Å². The monoisotopic (exact) mass is 339 g/mol. The Morgan fingerprint density at radius 3 is 2.27 bits per heavy atom. The SMILES string of the molecule is CC(C)(CCC(=O)O)NS(=O)(=O)c1ccccc1C(F)(F)F. The van der Waals surface area contributed by atoms with E-state index in [2.05, 4.69) is 4.72 Å². The van der Waals surface area contributed by atoms with Crippen LogP contribution in [0.15, 0.2) is 29.2 Å². The molecule has 0 unspecified atom stereocenters. The fourth-order valence-corrected chi connectivity index (χ4v) is 3.49. The molecule has 0 atom stereocenters. The summed E-state index contributed by atoms with van der Waals surface area (Å²) in [5.74, 6) is -1.12. The van der Waals surface area contributed by atoms with Crippen LogP contribution in [0.25, 0.3) is 0 Å². The fourth-order valence-electron chi connectivity index (χ4n) is 1.82. The Kier molecular flexibility index (Phi) is 5.24. The van der Waals surface area contributed by atoms with Gasteiger partial charge in [0.1, 0.15) is 0 Å². The molecule has 1 rings (SSSR count). The largest absolute Gasteiger partial charge is 0.481 e. The summed E-state index contributed by atoms with van der Waals surface area (Å²) in [6.07, 6.45) is -5.18. The summed E-state index contributed by atoms with van der Waals surface area (Å²) in [5.41, 5.74) is -2.47. The van der Waals surface area contributed by atoms with E-state index in [4.69, 9.17) is 5.11 Å². The molecular formula is C13H16F3NO4S. The first-order chi connectivity index (χ1) is 9.85. The van der Waals surface area contributed by atoms with E-state index in [9.17, 15) is 26.4 Å². The number of carboxylic acids is 1. The molecule has 0 heterocycles. The number of benzene rings is 1. The molecule has 124 valence electrons. The molecule has 0 aromatic heterocycles. The van der Waals surface area contributed by atoms with Crippen molar-refractivity contribution in [1.29, 1.82) is 0 Å². The van der Waals surface area contributed by atoms with Gasteiger partial charge in [0.25, 0.3) is 0 Å². The van der Waals surface area contributed by atoms with Gasteiger partial charge in [-0.2, -0.15) is 13.2 Å². The predicted octanol–water partition coefficient (Wildman–Crippen LogP) is 2.63. The number of carboxylic acid groups (broad SMARTS) is 1. The number of alkyl halides is 3. The zero-order valence-corrected chi connectivity index (χ0v) is 12.8. The first kappa shape index (κ1) is 18.4. The average molecular weight is 339 g/mol. The van der Waals surface area contributed by atoms with Gasteiger partial charge in [0.15, 0.2) is 0 Å². The molecule has 0 aliphatic carbocycles. The molecule has 1 aromatic carbocycles. The quantitative estimate of drug-likeness (QED) is 0.834. The number of halogens is 3. The lowest BCUT2D eigenvalue weighted by Crippen LogP contribution is -2.44. The molecule has 0 saturated heterocycles. The minimum atomic E-state index is -4.81. The number of aliphatic carboxylic acids is 1. The molecule has 0 fully saturated rings. The van der Waals surface area contributed by atoms with Gasteiger partial charge >= 0.3 is 12.1 Å². The molecule has 2 N–H and O–H groups in total. The Balaban J connectivity index is 3.13. The number of carbonyl (C=O) groups is 1. The summed E-state index contributed by atoms with van der Waals surface area (Å²) >= 11 is 0. The standard InChI is InChI=1S/C13H16F3NO4S/c1-12(2,8-7-11(18)19)17-22(20,21)10-6-4-3-5-9(10)13(14,15)16/h3-6,17H,7-8H2,1-2H3,(H,18,19). The number of hydrogen-bond acceptors (Lipinski definition) is 3. The minimum absolute atomic E-state index is 0.0598. The van der Waals surface area contributed by atoms with Crippen molar-refractivity contribution in [1.82, 2.24) is 4.72 Å². The number of rotatable bonds is 6. The summed E-state index contributed by atoms with van der Waals surface area (Å²) in [5, 5.41) is 8.62. The Hall–Kier alpha value is -1.61. The maximum absolute atomic E-state index is 12.9. The van der Waals surface area contributed by atoms with Gasteiger partial charge < -0.3 is 5.11 Å². The van der Waals surface area contributed by atoms with Crippen LogP contribution in [0, 0.1) is 0 Å². The highest BCUT2D eigenvalue weighted by Crippen LogP contribution is 2.34. The summed E-state index contributed by atoms with van der Waals surface area (Å²) in [6.45, 7) is 2.81. The highest BCUT2D eigenvalue weighted by molar-refractivity contribution is 7.89. The predicted molar refractivity (Wildman–Crippen MR) is 72.7 cm³/mol. The van der Waals surface area contributed by atoms with Crippen LogP contribution >= 0.6 is 0 Å². The highest BCUT2D eigenvalue weighted by atomic mass is 32.2. The third-order valence-corrected chi connectivity index (χ3v) is 4.61. The van der Waals surface area contributed by atoms with Gasteiger partial charge in [0, 0.05) is 12.0 Å². The summed E-state index contributed by atoms with van der Waals surface area (Å²) in [6, 6.07) is 3.82. The van der Waals surface area contributed by atoms with Crippen molar-refractivity contribution in [2.45, 2.75) is 43.3 Å². The number of nitrogens with one attached hydrogen (secondary N) is 1. The minimum Gasteiger partial charge on any atom is -0.481 e. The van der Waals surface area contributed by atoms with E-state index >= 15 is 0 Å². The van der Waals surface area contributed by atoms with Crippen molar-refractivity contribution in [2.75, 3.05) is 0 Å². The third-order valence-electron chi connectivity index (χ3n) is 2.86. The lowest BCUT2D eigenvalue weighted by atomic mass is 10.0. The Labute approximate surface area is 126 Å². The van der Waals surface area contributed by atoms with Gasteiger partial charge in [-0.3, -0.25) is 4.79 Å². The molecule has 0 spiro atoms. The van der Waals surface area contributed by atoms with Crippen LogP contribution in [0.5, 0.6) is 0 Å². The summed E-state index contributed by atoms with van der Waals surface area (Å²) < 4.78 is 65.2. The van der Waals surface area contributed by atoms with Crippen molar-refractivity contribution in [3.05, 3.63) is 29.8 Å². The molecule has 0 saturated carbocycles. The zero-order chi connectivity index (χ0) is 17.2. The normalized spacial score (nSPS) is 13.1. The van der Waals surface area contributed by atoms with Crippen LogP contribution in [-0.4, -0.2) is 25.0 Å². The Morgan fingerprint density at radius 1 is 1.23 bits per heavy atom. The van der Waals surface area contributed by atoms with Gasteiger partial charge in [-0.05, 0) is 32.4 Å². The number of sulfonamides is 1. The van der Waals surface area contributed by atoms with Gasteiger partial charge in [0.05, 0.1) is 10.5 Å². The average Bonchev–Trinajstić information content (AvgIpc) is 2.34. The summed E-state index contributed by atoms with van der Waals surface area (Å²) in [7, 11) is -4.44. The molecule has 1 aromatic rings. The first-order valence-electron chi connectivity index (χ1n) is 6.27. The molecule has 5 nitrogen and oxygen atoms in total. The molecule has 9 heteroatoms. The zero-order valence-electron chi connectivity index (χ0n) is 11.9. The molecule has 22 heavy (non-hydrogen) atoms. The topological polar surface area (TPSA) is 83.5 Å². The second-order valence-electron chi connectivity index (χ2n) is 5.38. The maximum Gasteiger partial charge on any atom is 0.417 e. The second kappa shape index (κ2) is 6.25. The van der Waals surface area contributed by atoms with Crippen molar-refractivity contribution < 1.29 is 31.5 Å². The highest BCUT2D eigenvalue weighted by Gasteiger charge is 2.38. The lowest BCUT2D eigenvalue weighted by Gasteiger charge is -2.26. The Bertz CT molecular complexity index is 653. The van der Waals surface area contributed by atoms with Crippen LogP contribution in [0.4, 0.5) is 13.2 Å². The van der Waals surface area contributed by atoms with E-state index in [-0.39, 0.29) is 12.8 Å². The van der Waals surface area contributed by atoms with E-state index in [1.165, 1.54) is 19.9 Å². The van der Waals surface area contributed by atoms with Crippen LogP contribution in [0.2, 0.25) is 0 Å². The van der Waals surface area contributed by atoms with Crippen molar-refractivity contribution in [2.24, 2.45) is 0 Å². The molecule has 0 aliphatic heterocycles. The van der Waals surface area contributed by atoms with Gasteiger partial charge in [-0.1, -0.05) is 12.1 Å². The second-order valence-corrected chi connectivity index (χ2v) is 7.03. The molecule has 0 aliphatic rings. The van der Waals surface area contributed by atoms with Gasteiger partial charge in [-0.15, -0.1) is 0 Å². The third kappa shape index (κ3) is 4.99. The van der Waals surface area contributed by atoms with E-state index in [1.807, 2.05) is 0 Å². The Morgan fingerprint density at radius 2 is 1.77 bits per heavy atom. The van der Waals surface area contributed by atoms with Crippen LogP contribution < -0.4 is 4.72 Å². The van der Waals surface area contributed by atoms with Crippen molar-refractivity contribution in [3.8, 4) is 0 Å². The molecule has 0 radical (unpaired) electrons. The summed E-state index contributed by atoms with van der Waals surface area (Å²) in [4.78, 5) is 9.66. The molecule has 0 bridgehead atoms.